The topological polar surface area (TPSA) is 52.6 Å². The van der Waals surface area contributed by atoms with Crippen LogP contribution in [-0.4, -0.2) is 25.7 Å². The third-order valence-corrected chi connectivity index (χ3v) is 2.48. The molecule has 0 fully saturated rings. The number of carbonyl (C=O) groups is 2. The van der Waals surface area contributed by atoms with Gasteiger partial charge in [0.1, 0.15) is 0 Å². The Labute approximate surface area is 136 Å². The Morgan fingerprint density at radius 3 is 1.82 bits per heavy atom. The Hall–Kier alpha value is -1.58. The molecule has 4 heteroatoms. The lowest BCUT2D eigenvalue weighted by Crippen LogP contribution is -2.07. The van der Waals surface area contributed by atoms with Crippen LogP contribution in [0.5, 0.6) is 0 Å². The largest absolute Gasteiger partial charge is 0.466 e. The summed E-state index contributed by atoms with van der Waals surface area (Å²) in [6, 6.07) is 0. The van der Waals surface area contributed by atoms with E-state index >= 15 is 0 Å². The van der Waals surface area contributed by atoms with Crippen molar-refractivity contribution in [3.05, 3.63) is 24.3 Å². The minimum Gasteiger partial charge on any atom is -0.466 e. The van der Waals surface area contributed by atoms with Gasteiger partial charge in [0.25, 0.3) is 0 Å². The zero-order chi connectivity index (χ0) is 18.0. The van der Waals surface area contributed by atoms with Gasteiger partial charge in [-0.3, -0.25) is 0 Å². The second kappa shape index (κ2) is 19.4. The lowest BCUT2D eigenvalue weighted by molar-refractivity contribution is -0.139. The molecule has 0 aromatic heterocycles. The van der Waals surface area contributed by atoms with E-state index < -0.39 is 0 Å². The molecule has 0 bridgehead atoms. The zero-order valence-electron chi connectivity index (χ0n) is 15.3. The van der Waals surface area contributed by atoms with Gasteiger partial charge in [-0.2, -0.15) is 0 Å². The van der Waals surface area contributed by atoms with Crippen molar-refractivity contribution >= 4 is 11.9 Å². The molecule has 0 atom stereocenters. The maximum atomic E-state index is 11.1. The fourth-order valence-corrected chi connectivity index (χ4v) is 1.11. The van der Waals surface area contributed by atoms with Crippen molar-refractivity contribution in [3.63, 3.8) is 0 Å². The van der Waals surface area contributed by atoms with Crippen molar-refractivity contribution in [2.75, 3.05) is 13.7 Å². The predicted molar refractivity (Wildman–Crippen MR) is 92.7 cm³/mol. The van der Waals surface area contributed by atoms with Gasteiger partial charge in [0, 0.05) is 11.1 Å². The van der Waals surface area contributed by atoms with Crippen molar-refractivity contribution < 1.29 is 19.1 Å². The molecular weight excluding hydrogens is 280 g/mol. The van der Waals surface area contributed by atoms with E-state index in [9.17, 15) is 9.59 Å². The first-order valence-electron chi connectivity index (χ1n) is 7.99. The minimum atomic E-state index is -0.347. The quantitative estimate of drug-likeness (QED) is 0.365. The van der Waals surface area contributed by atoms with E-state index in [-0.39, 0.29) is 11.9 Å². The summed E-state index contributed by atoms with van der Waals surface area (Å²) in [6.45, 7) is 17.2. The van der Waals surface area contributed by atoms with E-state index in [0.29, 0.717) is 24.2 Å². The molecule has 0 aliphatic rings. The van der Waals surface area contributed by atoms with E-state index in [0.717, 1.165) is 12.8 Å². The summed E-state index contributed by atoms with van der Waals surface area (Å²) in [5.41, 5.74) is 0.998. The maximum Gasteiger partial charge on any atom is 0.333 e. The van der Waals surface area contributed by atoms with Crippen LogP contribution >= 0.6 is 0 Å². The van der Waals surface area contributed by atoms with Crippen LogP contribution in [0, 0.1) is 0 Å². The minimum absolute atomic E-state index is 0.237. The Balaban J connectivity index is -0.000000339. The Kier molecular flexibility index (Phi) is 22.4. The first-order chi connectivity index (χ1) is 10.4. The van der Waals surface area contributed by atoms with E-state index in [2.05, 4.69) is 24.8 Å². The van der Waals surface area contributed by atoms with Crippen molar-refractivity contribution in [2.24, 2.45) is 0 Å². The summed E-state index contributed by atoms with van der Waals surface area (Å²) in [7, 11) is 1.33. The summed E-state index contributed by atoms with van der Waals surface area (Å²) >= 11 is 0. The van der Waals surface area contributed by atoms with Gasteiger partial charge in [-0.05, 0) is 19.8 Å². The number of rotatable bonds is 8. The average Bonchev–Trinajstić information content (AvgIpc) is 2.55. The SMILES string of the molecule is C=C(C)C(=O)OC.C=C(CC)C(=O)OCCCCCC.CC. The summed E-state index contributed by atoms with van der Waals surface area (Å²) in [5, 5.41) is 0. The number of esters is 2. The highest BCUT2D eigenvalue weighted by molar-refractivity contribution is 5.87. The van der Waals surface area contributed by atoms with Crippen LogP contribution in [0.2, 0.25) is 0 Å². The molecule has 0 aliphatic carbocycles. The van der Waals surface area contributed by atoms with Crippen LogP contribution in [0.15, 0.2) is 24.3 Å². The molecule has 0 heterocycles. The van der Waals surface area contributed by atoms with Gasteiger partial charge in [0.05, 0.1) is 13.7 Å². The van der Waals surface area contributed by atoms with E-state index in [1.807, 2.05) is 20.8 Å². The lowest BCUT2D eigenvalue weighted by atomic mass is 10.2. The molecule has 0 unspecified atom stereocenters. The number of carbonyl (C=O) groups excluding carboxylic acids is 2. The first-order valence-corrected chi connectivity index (χ1v) is 7.99. The van der Waals surface area contributed by atoms with Crippen LogP contribution in [0.25, 0.3) is 0 Å². The van der Waals surface area contributed by atoms with Gasteiger partial charge in [-0.1, -0.05) is 60.1 Å². The van der Waals surface area contributed by atoms with E-state index in [1.165, 1.54) is 20.0 Å². The second-order valence-electron chi connectivity index (χ2n) is 4.43. The predicted octanol–water partition coefficient (Wildman–Crippen LogP) is 4.84. The van der Waals surface area contributed by atoms with E-state index in [4.69, 9.17) is 4.74 Å². The van der Waals surface area contributed by atoms with Crippen LogP contribution < -0.4 is 0 Å². The molecule has 22 heavy (non-hydrogen) atoms. The monoisotopic (exact) mass is 314 g/mol. The lowest BCUT2D eigenvalue weighted by Gasteiger charge is -2.04. The molecule has 0 radical (unpaired) electrons. The molecule has 0 rings (SSSR count). The fourth-order valence-electron chi connectivity index (χ4n) is 1.11. The van der Waals surface area contributed by atoms with Gasteiger partial charge >= 0.3 is 11.9 Å². The van der Waals surface area contributed by atoms with Crippen LogP contribution in [0.3, 0.4) is 0 Å². The third-order valence-electron chi connectivity index (χ3n) is 2.48. The molecular formula is C18H34O4. The average molecular weight is 314 g/mol. The molecule has 0 N–H and O–H groups in total. The highest BCUT2D eigenvalue weighted by Crippen LogP contribution is 2.03. The molecule has 0 aromatic carbocycles. The molecule has 0 saturated heterocycles. The number of unbranched alkanes of at least 4 members (excludes halogenated alkanes) is 3. The molecule has 0 aromatic rings. The van der Waals surface area contributed by atoms with E-state index in [1.54, 1.807) is 6.92 Å². The smallest absolute Gasteiger partial charge is 0.333 e. The summed E-state index contributed by atoms with van der Waals surface area (Å²) in [5.74, 6) is -0.584. The van der Waals surface area contributed by atoms with Crippen molar-refractivity contribution in [1.29, 1.82) is 0 Å². The number of methoxy groups -OCH3 is 1. The molecule has 0 aliphatic heterocycles. The van der Waals surface area contributed by atoms with Crippen LogP contribution in [0.4, 0.5) is 0 Å². The van der Waals surface area contributed by atoms with Crippen molar-refractivity contribution in [3.8, 4) is 0 Å². The molecule has 130 valence electrons. The van der Waals surface area contributed by atoms with Crippen LogP contribution in [-0.2, 0) is 19.1 Å². The molecule has 0 amide bonds. The molecule has 0 saturated carbocycles. The summed E-state index contributed by atoms with van der Waals surface area (Å²) in [6.07, 6.45) is 5.20. The molecule has 0 spiro atoms. The number of hydrogen-bond donors (Lipinski definition) is 0. The Morgan fingerprint density at radius 1 is 0.955 bits per heavy atom. The van der Waals surface area contributed by atoms with Gasteiger partial charge in [0.15, 0.2) is 0 Å². The Bertz CT molecular complexity index is 319. The first kappa shape index (κ1) is 25.4. The standard InChI is InChI=1S/C11H20O2.C5H8O2.C2H6/c1-4-6-7-8-9-13-11(12)10(3)5-2;1-4(2)5(6)7-3;1-2/h3-9H2,1-2H3;1H2,2-3H3;1-2H3. The Morgan fingerprint density at radius 2 is 1.50 bits per heavy atom. The highest BCUT2D eigenvalue weighted by atomic mass is 16.5. The maximum absolute atomic E-state index is 11.1. The fraction of sp³-hybridized carbons (Fsp3) is 0.667. The second-order valence-corrected chi connectivity index (χ2v) is 4.43. The van der Waals surface area contributed by atoms with Gasteiger partial charge in [0.2, 0.25) is 0 Å². The molecule has 4 nitrogen and oxygen atoms in total. The van der Waals surface area contributed by atoms with Gasteiger partial charge in [-0.15, -0.1) is 0 Å². The van der Waals surface area contributed by atoms with Crippen molar-refractivity contribution in [2.45, 2.75) is 66.7 Å². The number of hydrogen-bond acceptors (Lipinski definition) is 4. The van der Waals surface area contributed by atoms with Crippen molar-refractivity contribution in [1.82, 2.24) is 0 Å². The van der Waals surface area contributed by atoms with Crippen LogP contribution in [0.1, 0.15) is 66.7 Å². The summed E-state index contributed by atoms with van der Waals surface area (Å²) < 4.78 is 9.28. The highest BCUT2D eigenvalue weighted by Gasteiger charge is 2.04. The number of ether oxygens (including phenoxy) is 2. The zero-order valence-corrected chi connectivity index (χ0v) is 15.3. The van der Waals surface area contributed by atoms with Gasteiger partial charge in [-0.25, -0.2) is 9.59 Å². The summed E-state index contributed by atoms with van der Waals surface area (Å²) in [4.78, 5) is 21.3. The normalized spacial score (nSPS) is 8.45. The van der Waals surface area contributed by atoms with Gasteiger partial charge < -0.3 is 9.47 Å². The third kappa shape index (κ3) is 18.4.